The van der Waals surface area contributed by atoms with Crippen molar-refractivity contribution in [2.45, 2.75) is 74.8 Å². The lowest BCUT2D eigenvalue weighted by Crippen LogP contribution is -2.86. The number of rotatable bonds is 8. The van der Waals surface area contributed by atoms with E-state index in [1.165, 1.54) is 4.90 Å². The van der Waals surface area contributed by atoms with Crippen LogP contribution in [0.5, 0.6) is 34.5 Å². The average molecular weight is 825 g/mol. The third kappa shape index (κ3) is 6.63. The highest BCUT2D eigenvalue weighted by Gasteiger charge is 2.75. The summed E-state index contributed by atoms with van der Waals surface area (Å²) in [6, 6.07) is -8.26. The van der Waals surface area contributed by atoms with Crippen LogP contribution >= 0.6 is 0 Å². The lowest BCUT2D eigenvalue weighted by atomic mass is 9.77. The number of halogens is 7. The predicted molar refractivity (Wildman–Crippen MR) is 168 cm³/mol. The molecule has 4 atom stereocenters. The molecular formula is C31H39F7N4O14. The molecule has 0 saturated carbocycles. The van der Waals surface area contributed by atoms with E-state index in [-0.39, 0.29) is 18.0 Å². The summed E-state index contributed by atoms with van der Waals surface area (Å²) in [4.78, 5) is 13.5. The van der Waals surface area contributed by atoms with E-state index in [2.05, 4.69) is 0 Å². The number of piperidine rings is 1. The zero-order chi connectivity index (χ0) is 43.2. The van der Waals surface area contributed by atoms with Crippen molar-refractivity contribution >= 4 is 5.91 Å². The number of carbonyl (C=O) groups is 1. The number of amides is 1. The Morgan fingerprint density at radius 3 is 1.80 bits per heavy atom. The molecule has 0 aliphatic carbocycles. The number of likely N-dealkylation sites (tertiary alicyclic amines) is 1. The number of aromatic hydroxyl groups is 6. The first-order valence-corrected chi connectivity index (χ1v) is 16.1. The van der Waals surface area contributed by atoms with E-state index in [1.807, 2.05) is 0 Å². The summed E-state index contributed by atoms with van der Waals surface area (Å²) in [7, 11) is 0.556. The molecule has 0 bridgehead atoms. The number of phenols is 6. The van der Waals surface area contributed by atoms with Crippen molar-refractivity contribution in [1.29, 1.82) is 0 Å². The number of hydrogen-bond acceptors (Lipinski definition) is 17. The molecular weight excluding hydrogens is 785 g/mol. The van der Waals surface area contributed by atoms with Crippen LogP contribution in [-0.4, -0.2) is 162 Å². The number of hydrogen-bond donors (Lipinski definition) is 13. The number of benzene rings is 2. The summed E-state index contributed by atoms with van der Waals surface area (Å²) in [6.45, 7) is -1.79. The van der Waals surface area contributed by atoms with E-state index in [0.29, 0.717) is 14.0 Å². The van der Waals surface area contributed by atoms with E-state index >= 15 is 0 Å². The van der Waals surface area contributed by atoms with Crippen molar-refractivity contribution in [3.05, 3.63) is 33.6 Å². The third-order valence-corrected chi connectivity index (χ3v) is 10.3. The largest absolute Gasteiger partial charge is 0.507 e. The normalized spacial score (nSPS) is 23.0. The number of carbonyl (C=O) groups excluding carboxylic acids is 1. The molecule has 4 rings (SSSR count). The average Bonchev–Trinajstić information content (AvgIpc) is 3.07. The highest BCUT2D eigenvalue weighted by molar-refractivity contribution is 5.73. The quantitative estimate of drug-likeness (QED) is 0.0678. The molecule has 2 aromatic rings. The monoisotopic (exact) mass is 824 g/mol. The van der Waals surface area contributed by atoms with Gasteiger partial charge in [-0.3, -0.25) is 14.6 Å². The van der Waals surface area contributed by atoms with E-state index in [0.717, 1.165) is 18.7 Å². The second kappa shape index (κ2) is 14.3. The van der Waals surface area contributed by atoms with Crippen LogP contribution in [0.25, 0.3) is 0 Å². The molecule has 4 unspecified atom stereocenters. The molecule has 2 saturated heterocycles. The molecule has 1 amide bonds. The standard InChI is InChI=1S/C31H39F7N4O14/c1-10-13(21(47)23(49)17(33)18(10)44)24-28(51,52)25(41-7-5-40(6-8-41)12(3)43)29(53,54)31(55,56)42(24)26(50)39(4)11(2)14-19(45)15(27(34,35)9-32)22(48)16(20(14)46)30(36,37)38/h11,24-26,44-56H,5-9H2,1-4H3. The minimum absolute atomic E-state index is 0.116. The lowest BCUT2D eigenvalue weighted by Gasteiger charge is -2.62. The van der Waals surface area contributed by atoms with Gasteiger partial charge in [-0.15, -0.1) is 0 Å². The molecule has 2 heterocycles. The van der Waals surface area contributed by atoms with E-state index in [4.69, 9.17) is 0 Å². The van der Waals surface area contributed by atoms with Crippen molar-refractivity contribution in [1.82, 2.24) is 19.6 Å². The topological polar surface area (TPSA) is 293 Å². The highest BCUT2D eigenvalue weighted by atomic mass is 19.4. The van der Waals surface area contributed by atoms with Gasteiger partial charge in [0, 0.05) is 50.3 Å². The van der Waals surface area contributed by atoms with Crippen LogP contribution < -0.4 is 0 Å². The van der Waals surface area contributed by atoms with Crippen LogP contribution in [-0.2, 0) is 16.9 Å². The highest BCUT2D eigenvalue weighted by Crippen LogP contribution is 2.58. The first kappa shape index (κ1) is 44.5. The number of aliphatic hydroxyl groups is 7. The van der Waals surface area contributed by atoms with Crippen molar-refractivity contribution in [2.24, 2.45) is 0 Å². The lowest BCUT2D eigenvalue weighted by molar-refractivity contribution is -0.510. The Balaban J connectivity index is 2.03. The van der Waals surface area contributed by atoms with Crippen LogP contribution in [0, 0.1) is 12.7 Å². The first-order valence-electron chi connectivity index (χ1n) is 16.1. The second-order valence-corrected chi connectivity index (χ2v) is 13.5. The molecule has 13 N–H and O–H groups in total. The minimum Gasteiger partial charge on any atom is -0.507 e. The maximum atomic E-state index is 14.7. The van der Waals surface area contributed by atoms with Gasteiger partial charge >= 0.3 is 12.1 Å². The minimum atomic E-state index is -5.91. The van der Waals surface area contributed by atoms with Gasteiger partial charge in [-0.05, 0) is 20.9 Å². The Morgan fingerprint density at radius 1 is 0.839 bits per heavy atom. The Kier molecular flexibility index (Phi) is 11.4. The maximum absolute atomic E-state index is 14.7. The van der Waals surface area contributed by atoms with Gasteiger partial charge in [0.05, 0.1) is 5.56 Å². The van der Waals surface area contributed by atoms with E-state index in [1.54, 1.807) is 0 Å². The fraction of sp³-hybridized carbons (Fsp3) is 0.581. The molecule has 0 radical (unpaired) electrons. The zero-order valence-corrected chi connectivity index (χ0v) is 29.5. The van der Waals surface area contributed by atoms with E-state index < -0.39 is 153 Å². The van der Waals surface area contributed by atoms with E-state index in [9.17, 15) is 102 Å². The van der Waals surface area contributed by atoms with Crippen molar-refractivity contribution in [2.75, 3.05) is 39.9 Å². The van der Waals surface area contributed by atoms with Gasteiger partial charge in [0.2, 0.25) is 17.5 Å². The van der Waals surface area contributed by atoms with Crippen molar-refractivity contribution in [3.63, 3.8) is 0 Å². The molecule has 25 heteroatoms. The second-order valence-electron chi connectivity index (χ2n) is 13.5. The molecule has 2 aliphatic heterocycles. The Hall–Kier alpha value is -4.18. The fourth-order valence-corrected chi connectivity index (χ4v) is 7.22. The van der Waals surface area contributed by atoms with Crippen LogP contribution in [0.3, 0.4) is 0 Å². The van der Waals surface area contributed by atoms with Crippen LogP contribution in [0.2, 0.25) is 0 Å². The molecule has 2 fully saturated rings. The Bertz CT molecular complexity index is 1850. The Labute approximate surface area is 310 Å². The van der Waals surface area contributed by atoms with Gasteiger partial charge in [0.1, 0.15) is 40.5 Å². The Morgan fingerprint density at radius 2 is 1.34 bits per heavy atom. The van der Waals surface area contributed by atoms with Crippen molar-refractivity contribution in [3.8, 4) is 34.5 Å². The van der Waals surface area contributed by atoms with Crippen LogP contribution in [0.4, 0.5) is 30.7 Å². The molecule has 56 heavy (non-hydrogen) atoms. The summed E-state index contributed by atoms with van der Waals surface area (Å²) >= 11 is 0. The SMILES string of the molecule is CC(=O)N1CCN(C2C(O)(O)C(c3c(C)c(O)c(F)c(O)c3O)N(C(O)N(C)C(C)c3c(O)c(C(F)(F)F)c(O)c(C(F)(F)CF)c3O)C(O)(O)C2(O)O)CC1. The van der Waals surface area contributed by atoms with Crippen LogP contribution in [0.15, 0.2) is 0 Å². The maximum Gasteiger partial charge on any atom is 0.423 e. The summed E-state index contributed by atoms with van der Waals surface area (Å²) in [6.07, 6.45) is -9.12. The first-order chi connectivity index (χ1) is 25.3. The number of aliphatic hydroxyl groups excluding tert-OH is 1. The zero-order valence-electron chi connectivity index (χ0n) is 29.5. The smallest absolute Gasteiger partial charge is 0.423 e. The summed E-state index contributed by atoms with van der Waals surface area (Å²) < 4.78 is 99.4. The van der Waals surface area contributed by atoms with Gasteiger partial charge in [0.25, 0.3) is 11.7 Å². The van der Waals surface area contributed by atoms with Gasteiger partial charge in [-0.1, -0.05) is 0 Å². The van der Waals surface area contributed by atoms with Gasteiger partial charge in [-0.25, -0.2) is 4.39 Å². The summed E-state index contributed by atoms with van der Waals surface area (Å²) in [5.74, 6) is -32.3. The number of nitrogens with zero attached hydrogens (tertiary/aromatic N) is 4. The fourth-order valence-electron chi connectivity index (χ4n) is 7.22. The number of alkyl halides is 6. The predicted octanol–water partition coefficient (Wildman–Crippen LogP) is -0.694. The van der Waals surface area contributed by atoms with Crippen LogP contribution in [0.1, 0.15) is 53.7 Å². The molecule has 0 spiro atoms. The molecule has 316 valence electrons. The molecule has 18 nitrogen and oxygen atoms in total. The summed E-state index contributed by atoms with van der Waals surface area (Å²) in [5, 5.41) is 145. The molecule has 0 aromatic heterocycles. The summed E-state index contributed by atoms with van der Waals surface area (Å²) in [5.41, 5.74) is -8.95. The molecule has 2 aromatic carbocycles. The van der Waals surface area contributed by atoms with Crippen molar-refractivity contribution < 1.29 is 102 Å². The van der Waals surface area contributed by atoms with Gasteiger partial charge < -0.3 is 71.3 Å². The number of phenolic OH excluding ortho intramolecular Hbond substituents is 6. The third-order valence-electron chi connectivity index (χ3n) is 10.3. The number of piperazine rings is 1. The molecule has 2 aliphatic rings. The van der Waals surface area contributed by atoms with Gasteiger partial charge in [0.15, 0.2) is 30.3 Å². The van der Waals surface area contributed by atoms with Gasteiger partial charge in [-0.2, -0.15) is 31.2 Å².